The summed E-state index contributed by atoms with van der Waals surface area (Å²) >= 11 is 14.0. The molecule has 5 heteroatoms. The van der Waals surface area contributed by atoms with E-state index in [4.69, 9.17) is 23.2 Å². The third-order valence-electron chi connectivity index (χ3n) is 2.29. The van der Waals surface area contributed by atoms with Crippen molar-refractivity contribution in [3.8, 4) is 0 Å². The molecule has 2 rings (SSSR count). The Morgan fingerprint density at radius 1 is 1.06 bits per heavy atom. The summed E-state index contributed by atoms with van der Waals surface area (Å²) in [7, 11) is 0. The highest BCUT2D eigenvalue weighted by atomic mass is 127. The van der Waals surface area contributed by atoms with Crippen LogP contribution in [0.4, 0.5) is 5.69 Å². The van der Waals surface area contributed by atoms with E-state index in [1.165, 1.54) is 0 Å². The minimum atomic E-state index is -0.198. The Balaban J connectivity index is 2.18. The molecule has 0 aromatic heterocycles. The first-order valence-corrected chi connectivity index (χ1v) is 6.92. The lowest BCUT2D eigenvalue weighted by atomic mass is 10.2. The molecule has 1 amide bonds. The number of hydrogen-bond donors (Lipinski definition) is 1. The molecule has 92 valence electrons. The van der Waals surface area contributed by atoms with Crippen molar-refractivity contribution in [2.24, 2.45) is 0 Å². The van der Waals surface area contributed by atoms with Gasteiger partial charge in [-0.2, -0.15) is 0 Å². The Hall–Kier alpha value is -0.780. The van der Waals surface area contributed by atoms with Gasteiger partial charge in [-0.3, -0.25) is 4.79 Å². The first-order valence-electron chi connectivity index (χ1n) is 5.08. The van der Waals surface area contributed by atoms with Crippen molar-refractivity contribution in [2.75, 3.05) is 5.32 Å². The van der Waals surface area contributed by atoms with Crippen LogP contribution >= 0.6 is 45.8 Å². The van der Waals surface area contributed by atoms with Gasteiger partial charge in [0.15, 0.2) is 0 Å². The maximum absolute atomic E-state index is 12.0. The van der Waals surface area contributed by atoms with Gasteiger partial charge < -0.3 is 5.32 Å². The van der Waals surface area contributed by atoms with Crippen molar-refractivity contribution in [1.82, 2.24) is 0 Å². The van der Waals surface area contributed by atoms with Crippen molar-refractivity contribution in [3.05, 3.63) is 61.6 Å². The zero-order valence-corrected chi connectivity index (χ0v) is 12.8. The molecule has 0 unspecified atom stereocenters. The van der Waals surface area contributed by atoms with Crippen LogP contribution < -0.4 is 5.32 Å². The van der Waals surface area contributed by atoms with Crippen molar-refractivity contribution < 1.29 is 4.79 Å². The smallest absolute Gasteiger partial charge is 0.255 e. The van der Waals surface area contributed by atoms with Gasteiger partial charge in [-0.05, 0) is 65.1 Å². The molecule has 0 heterocycles. The number of nitrogens with one attached hydrogen (secondary N) is 1. The second-order valence-electron chi connectivity index (χ2n) is 3.59. The fraction of sp³-hybridized carbons (Fsp3) is 0. The number of halogens is 3. The van der Waals surface area contributed by atoms with Gasteiger partial charge in [-0.25, -0.2) is 0 Å². The lowest BCUT2D eigenvalue weighted by Gasteiger charge is -2.07. The molecule has 0 spiro atoms. The molecule has 0 aliphatic heterocycles. The van der Waals surface area contributed by atoms with Crippen LogP contribution in [-0.2, 0) is 0 Å². The Kier molecular flexibility index (Phi) is 4.48. The predicted octanol–water partition coefficient (Wildman–Crippen LogP) is 4.85. The van der Waals surface area contributed by atoms with E-state index in [1.807, 2.05) is 12.1 Å². The monoisotopic (exact) mass is 391 g/mol. The van der Waals surface area contributed by atoms with E-state index in [9.17, 15) is 4.79 Å². The SMILES string of the molecule is O=C(Nc1ccc(Cl)cc1Cl)c1ccc(I)cc1. The molecule has 0 bridgehead atoms. The molecule has 0 saturated carbocycles. The molecule has 18 heavy (non-hydrogen) atoms. The topological polar surface area (TPSA) is 29.1 Å². The standard InChI is InChI=1S/C13H8Cl2INO/c14-9-3-6-12(11(15)7-9)17-13(18)8-1-4-10(16)5-2-8/h1-7H,(H,17,18). The maximum atomic E-state index is 12.0. The van der Waals surface area contributed by atoms with Crippen LogP contribution in [0.25, 0.3) is 0 Å². The van der Waals surface area contributed by atoms with Gasteiger partial charge in [0.05, 0.1) is 10.7 Å². The van der Waals surface area contributed by atoms with Gasteiger partial charge in [-0.15, -0.1) is 0 Å². The highest BCUT2D eigenvalue weighted by Gasteiger charge is 2.08. The molecule has 0 fully saturated rings. The average molecular weight is 392 g/mol. The van der Waals surface area contributed by atoms with E-state index in [2.05, 4.69) is 27.9 Å². The van der Waals surface area contributed by atoms with Crippen LogP contribution in [0.3, 0.4) is 0 Å². The molecule has 1 N–H and O–H groups in total. The molecule has 2 aromatic carbocycles. The van der Waals surface area contributed by atoms with Crippen LogP contribution in [-0.4, -0.2) is 5.91 Å². The Morgan fingerprint density at radius 3 is 2.33 bits per heavy atom. The van der Waals surface area contributed by atoms with Crippen molar-refractivity contribution >= 4 is 57.4 Å². The van der Waals surface area contributed by atoms with Gasteiger partial charge in [0, 0.05) is 14.2 Å². The molecule has 0 radical (unpaired) electrons. The van der Waals surface area contributed by atoms with Crippen molar-refractivity contribution in [2.45, 2.75) is 0 Å². The number of hydrogen-bond acceptors (Lipinski definition) is 1. The fourth-order valence-corrected chi connectivity index (χ4v) is 2.20. The molecule has 0 aliphatic rings. The second kappa shape index (κ2) is 5.91. The van der Waals surface area contributed by atoms with E-state index in [-0.39, 0.29) is 5.91 Å². The summed E-state index contributed by atoms with van der Waals surface area (Å²) in [4.78, 5) is 12.0. The predicted molar refractivity (Wildman–Crippen MR) is 83.6 cm³/mol. The van der Waals surface area contributed by atoms with E-state index in [0.29, 0.717) is 21.3 Å². The van der Waals surface area contributed by atoms with Gasteiger partial charge in [0.25, 0.3) is 5.91 Å². The molecule has 2 nitrogen and oxygen atoms in total. The first-order chi connectivity index (χ1) is 8.56. The van der Waals surface area contributed by atoms with Gasteiger partial charge in [0.2, 0.25) is 0 Å². The van der Waals surface area contributed by atoms with E-state index >= 15 is 0 Å². The Labute approximate surface area is 128 Å². The third kappa shape index (κ3) is 3.37. The van der Waals surface area contributed by atoms with Crippen LogP contribution in [0.1, 0.15) is 10.4 Å². The van der Waals surface area contributed by atoms with Crippen LogP contribution in [0.5, 0.6) is 0 Å². The summed E-state index contributed by atoms with van der Waals surface area (Å²) in [6.07, 6.45) is 0. The zero-order chi connectivity index (χ0) is 13.1. The summed E-state index contributed by atoms with van der Waals surface area (Å²) in [6.45, 7) is 0. The van der Waals surface area contributed by atoms with Crippen molar-refractivity contribution in [1.29, 1.82) is 0 Å². The van der Waals surface area contributed by atoms with Gasteiger partial charge in [-0.1, -0.05) is 23.2 Å². The number of rotatable bonds is 2. The van der Waals surface area contributed by atoms with E-state index in [1.54, 1.807) is 30.3 Å². The highest BCUT2D eigenvalue weighted by Crippen LogP contribution is 2.25. The lowest BCUT2D eigenvalue weighted by Crippen LogP contribution is -2.12. The van der Waals surface area contributed by atoms with Crippen LogP contribution in [0.15, 0.2) is 42.5 Å². The largest absolute Gasteiger partial charge is 0.321 e. The van der Waals surface area contributed by atoms with Crippen LogP contribution in [0.2, 0.25) is 10.0 Å². The number of carbonyl (C=O) groups is 1. The summed E-state index contributed by atoms with van der Waals surface area (Å²) < 4.78 is 1.08. The van der Waals surface area contributed by atoms with Gasteiger partial charge >= 0.3 is 0 Å². The van der Waals surface area contributed by atoms with Crippen molar-refractivity contribution in [3.63, 3.8) is 0 Å². The normalized spacial score (nSPS) is 10.2. The molecule has 0 saturated heterocycles. The van der Waals surface area contributed by atoms with Crippen LogP contribution in [0, 0.1) is 3.57 Å². The average Bonchev–Trinajstić information content (AvgIpc) is 2.33. The summed E-state index contributed by atoms with van der Waals surface area (Å²) in [5, 5.41) is 3.69. The molecule has 0 aliphatic carbocycles. The van der Waals surface area contributed by atoms with E-state index < -0.39 is 0 Å². The number of benzene rings is 2. The fourth-order valence-electron chi connectivity index (χ4n) is 1.39. The molecular formula is C13H8Cl2INO. The summed E-state index contributed by atoms with van der Waals surface area (Å²) in [5.74, 6) is -0.198. The summed E-state index contributed by atoms with van der Waals surface area (Å²) in [5.41, 5.74) is 1.13. The Morgan fingerprint density at radius 2 is 1.72 bits per heavy atom. The number of carbonyl (C=O) groups excluding carboxylic acids is 1. The highest BCUT2D eigenvalue weighted by molar-refractivity contribution is 14.1. The first kappa shape index (κ1) is 13.6. The minimum Gasteiger partial charge on any atom is -0.321 e. The zero-order valence-electron chi connectivity index (χ0n) is 9.08. The Bertz CT molecular complexity index is 584. The second-order valence-corrected chi connectivity index (χ2v) is 5.67. The molecule has 0 atom stereocenters. The quantitative estimate of drug-likeness (QED) is 0.728. The summed E-state index contributed by atoms with van der Waals surface area (Å²) in [6, 6.07) is 12.2. The number of anilines is 1. The lowest BCUT2D eigenvalue weighted by molar-refractivity contribution is 0.102. The van der Waals surface area contributed by atoms with E-state index in [0.717, 1.165) is 3.57 Å². The molecule has 2 aromatic rings. The van der Waals surface area contributed by atoms with Gasteiger partial charge in [0.1, 0.15) is 0 Å². The minimum absolute atomic E-state index is 0.198. The number of amides is 1. The molecular weight excluding hydrogens is 384 g/mol. The maximum Gasteiger partial charge on any atom is 0.255 e. The third-order valence-corrected chi connectivity index (χ3v) is 3.55.